The van der Waals surface area contributed by atoms with E-state index in [4.69, 9.17) is 15.2 Å². The molecule has 0 spiro atoms. The predicted molar refractivity (Wildman–Crippen MR) is 74.2 cm³/mol. The first-order chi connectivity index (χ1) is 9.18. The molecular weight excluding hydrogens is 242 g/mol. The molecule has 0 unspecified atom stereocenters. The highest BCUT2D eigenvalue weighted by Gasteiger charge is 2.26. The Morgan fingerprint density at radius 2 is 2.16 bits per heavy atom. The van der Waals surface area contributed by atoms with Crippen molar-refractivity contribution in [2.24, 2.45) is 5.73 Å². The van der Waals surface area contributed by atoms with Crippen molar-refractivity contribution in [1.29, 1.82) is 0 Å². The summed E-state index contributed by atoms with van der Waals surface area (Å²) in [4.78, 5) is 0. The van der Waals surface area contributed by atoms with Crippen LogP contribution in [0.4, 0.5) is 0 Å². The SMILES string of the molecule is CC[C@@](O)(CN)c1cccc(OC2CCOCC2)c1. The molecule has 0 bridgehead atoms. The van der Waals surface area contributed by atoms with E-state index >= 15 is 0 Å². The summed E-state index contributed by atoms with van der Waals surface area (Å²) in [5.41, 5.74) is 5.53. The molecule has 0 saturated carbocycles. The summed E-state index contributed by atoms with van der Waals surface area (Å²) in [5.74, 6) is 0.796. The predicted octanol–water partition coefficient (Wildman–Crippen LogP) is 1.80. The van der Waals surface area contributed by atoms with Gasteiger partial charge >= 0.3 is 0 Å². The first kappa shape index (κ1) is 14.3. The lowest BCUT2D eigenvalue weighted by Crippen LogP contribution is -2.34. The molecule has 1 atom stereocenters. The van der Waals surface area contributed by atoms with E-state index in [0.717, 1.165) is 37.4 Å². The Hall–Kier alpha value is -1.10. The fourth-order valence-electron chi connectivity index (χ4n) is 2.31. The molecule has 1 heterocycles. The second-order valence-corrected chi connectivity index (χ2v) is 5.05. The van der Waals surface area contributed by atoms with Crippen molar-refractivity contribution in [1.82, 2.24) is 0 Å². The Labute approximate surface area is 114 Å². The Morgan fingerprint density at radius 1 is 1.42 bits per heavy atom. The van der Waals surface area contributed by atoms with Gasteiger partial charge in [0.1, 0.15) is 17.5 Å². The van der Waals surface area contributed by atoms with E-state index < -0.39 is 5.60 Å². The van der Waals surface area contributed by atoms with Crippen molar-refractivity contribution in [2.45, 2.75) is 37.9 Å². The topological polar surface area (TPSA) is 64.7 Å². The van der Waals surface area contributed by atoms with Crippen LogP contribution in [0.5, 0.6) is 5.75 Å². The van der Waals surface area contributed by atoms with Crippen molar-refractivity contribution in [2.75, 3.05) is 19.8 Å². The molecule has 1 aromatic rings. The summed E-state index contributed by atoms with van der Waals surface area (Å²) in [6.07, 6.45) is 2.62. The van der Waals surface area contributed by atoms with Crippen molar-refractivity contribution < 1.29 is 14.6 Å². The van der Waals surface area contributed by atoms with Gasteiger partial charge in [0.05, 0.1) is 13.2 Å². The molecular formula is C15H23NO3. The van der Waals surface area contributed by atoms with E-state index in [2.05, 4.69) is 0 Å². The molecule has 1 aliphatic heterocycles. The number of hydrogen-bond donors (Lipinski definition) is 2. The molecule has 19 heavy (non-hydrogen) atoms. The molecule has 3 N–H and O–H groups in total. The van der Waals surface area contributed by atoms with Crippen LogP contribution in [0, 0.1) is 0 Å². The third-order valence-electron chi connectivity index (χ3n) is 3.77. The first-order valence-corrected chi connectivity index (χ1v) is 6.95. The maximum atomic E-state index is 10.4. The molecule has 4 heteroatoms. The zero-order chi connectivity index (χ0) is 13.7. The molecule has 0 aliphatic carbocycles. The van der Waals surface area contributed by atoms with Crippen LogP contribution in [0.25, 0.3) is 0 Å². The number of aliphatic hydroxyl groups is 1. The van der Waals surface area contributed by atoms with Gasteiger partial charge in [0.2, 0.25) is 0 Å². The fourth-order valence-corrected chi connectivity index (χ4v) is 2.31. The standard InChI is InChI=1S/C15H23NO3/c1-2-15(17,11-16)12-4-3-5-14(10-12)19-13-6-8-18-9-7-13/h3-5,10,13,17H,2,6-9,11,16H2,1H3/t15-/m1/s1. The largest absolute Gasteiger partial charge is 0.490 e. The minimum Gasteiger partial charge on any atom is -0.490 e. The lowest BCUT2D eigenvalue weighted by atomic mass is 9.91. The minimum absolute atomic E-state index is 0.205. The Morgan fingerprint density at radius 3 is 2.79 bits per heavy atom. The van der Waals surface area contributed by atoms with Crippen molar-refractivity contribution in [3.8, 4) is 5.75 Å². The molecule has 1 fully saturated rings. The highest BCUT2D eigenvalue weighted by molar-refractivity contribution is 5.32. The molecule has 0 aromatic heterocycles. The van der Waals surface area contributed by atoms with Gasteiger partial charge in [0.25, 0.3) is 0 Å². The normalized spacial score (nSPS) is 19.9. The quantitative estimate of drug-likeness (QED) is 0.852. The van der Waals surface area contributed by atoms with Crippen LogP contribution in [0.15, 0.2) is 24.3 Å². The van der Waals surface area contributed by atoms with Gasteiger partial charge in [0, 0.05) is 19.4 Å². The molecule has 0 amide bonds. The molecule has 1 aliphatic rings. The van der Waals surface area contributed by atoms with Gasteiger partial charge in [-0.1, -0.05) is 19.1 Å². The van der Waals surface area contributed by atoms with Gasteiger partial charge in [-0.3, -0.25) is 0 Å². The average Bonchev–Trinajstić information content (AvgIpc) is 2.48. The van der Waals surface area contributed by atoms with Crippen molar-refractivity contribution >= 4 is 0 Å². The molecule has 106 valence electrons. The molecule has 1 aromatic carbocycles. The minimum atomic E-state index is -0.963. The van der Waals surface area contributed by atoms with Gasteiger partial charge < -0.3 is 20.3 Å². The Balaban J connectivity index is 2.10. The average molecular weight is 265 g/mol. The lowest BCUT2D eigenvalue weighted by molar-refractivity contribution is 0.0242. The summed E-state index contributed by atoms with van der Waals surface area (Å²) in [6.45, 7) is 3.65. The van der Waals surface area contributed by atoms with E-state index in [9.17, 15) is 5.11 Å². The maximum absolute atomic E-state index is 10.4. The van der Waals surface area contributed by atoms with Gasteiger partial charge in [-0.15, -0.1) is 0 Å². The number of hydrogen-bond acceptors (Lipinski definition) is 4. The maximum Gasteiger partial charge on any atom is 0.120 e. The Bertz CT molecular complexity index is 398. The fraction of sp³-hybridized carbons (Fsp3) is 0.600. The van der Waals surface area contributed by atoms with E-state index in [-0.39, 0.29) is 12.6 Å². The van der Waals surface area contributed by atoms with Crippen LogP contribution in [0.1, 0.15) is 31.7 Å². The third-order valence-corrected chi connectivity index (χ3v) is 3.77. The number of benzene rings is 1. The van der Waals surface area contributed by atoms with E-state index in [1.165, 1.54) is 0 Å². The molecule has 2 rings (SSSR count). The van der Waals surface area contributed by atoms with E-state index in [1.807, 2.05) is 31.2 Å². The lowest BCUT2D eigenvalue weighted by Gasteiger charge is -2.27. The second-order valence-electron chi connectivity index (χ2n) is 5.05. The van der Waals surface area contributed by atoms with Gasteiger partial charge in [-0.2, -0.15) is 0 Å². The van der Waals surface area contributed by atoms with E-state index in [0.29, 0.717) is 6.42 Å². The van der Waals surface area contributed by atoms with Gasteiger partial charge in [-0.25, -0.2) is 0 Å². The van der Waals surface area contributed by atoms with Crippen molar-refractivity contribution in [3.63, 3.8) is 0 Å². The van der Waals surface area contributed by atoms with Gasteiger partial charge in [0.15, 0.2) is 0 Å². The van der Waals surface area contributed by atoms with Crippen LogP contribution >= 0.6 is 0 Å². The molecule has 1 saturated heterocycles. The van der Waals surface area contributed by atoms with Crippen LogP contribution in [0.3, 0.4) is 0 Å². The highest BCUT2D eigenvalue weighted by atomic mass is 16.5. The smallest absolute Gasteiger partial charge is 0.120 e. The van der Waals surface area contributed by atoms with Crippen LogP contribution in [-0.4, -0.2) is 31.0 Å². The number of rotatable bonds is 5. The van der Waals surface area contributed by atoms with E-state index in [1.54, 1.807) is 0 Å². The van der Waals surface area contributed by atoms with Crippen LogP contribution in [-0.2, 0) is 10.3 Å². The van der Waals surface area contributed by atoms with Crippen LogP contribution < -0.4 is 10.5 Å². The number of nitrogens with two attached hydrogens (primary N) is 1. The van der Waals surface area contributed by atoms with Crippen LogP contribution in [0.2, 0.25) is 0 Å². The highest BCUT2D eigenvalue weighted by Crippen LogP contribution is 2.28. The summed E-state index contributed by atoms with van der Waals surface area (Å²) in [5, 5.41) is 10.4. The molecule has 4 nitrogen and oxygen atoms in total. The second kappa shape index (κ2) is 6.37. The van der Waals surface area contributed by atoms with Crippen molar-refractivity contribution in [3.05, 3.63) is 29.8 Å². The third kappa shape index (κ3) is 3.47. The summed E-state index contributed by atoms with van der Waals surface area (Å²) >= 11 is 0. The summed E-state index contributed by atoms with van der Waals surface area (Å²) in [6, 6.07) is 7.62. The zero-order valence-corrected chi connectivity index (χ0v) is 11.5. The summed E-state index contributed by atoms with van der Waals surface area (Å²) in [7, 11) is 0. The van der Waals surface area contributed by atoms with Gasteiger partial charge in [-0.05, 0) is 24.1 Å². The zero-order valence-electron chi connectivity index (χ0n) is 11.5. The summed E-state index contributed by atoms with van der Waals surface area (Å²) < 4.78 is 11.3. The molecule has 0 radical (unpaired) electrons. The Kier molecular flexibility index (Phi) is 4.80. The monoisotopic (exact) mass is 265 g/mol. The number of ether oxygens (including phenoxy) is 2. The first-order valence-electron chi connectivity index (χ1n) is 6.95.